The molecule has 210 valence electrons. The number of pyridine rings is 2. The smallest absolute Gasteiger partial charge is 0.260 e. The summed E-state index contributed by atoms with van der Waals surface area (Å²) in [5, 5.41) is 18.4. The van der Waals surface area contributed by atoms with Gasteiger partial charge in [-0.05, 0) is 48.7 Å². The van der Waals surface area contributed by atoms with Crippen molar-refractivity contribution in [3.63, 3.8) is 0 Å². The van der Waals surface area contributed by atoms with Crippen LogP contribution in [0.25, 0.3) is 27.8 Å². The molecule has 1 amide bonds. The summed E-state index contributed by atoms with van der Waals surface area (Å²) in [6.45, 7) is 2.85. The van der Waals surface area contributed by atoms with E-state index in [9.17, 15) is 18.8 Å². The quantitative estimate of drug-likeness (QED) is 0.309. The van der Waals surface area contributed by atoms with E-state index in [1.807, 2.05) is 44.6 Å². The minimum Gasteiger partial charge on any atom is -0.352 e. The van der Waals surface area contributed by atoms with Gasteiger partial charge >= 0.3 is 0 Å². The summed E-state index contributed by atoms with van der Waals surface area (Å²) in [6, 6.07) is 10.3. The number of halogens is 2. The molecule has 0 saturated carbocycles. The zero-order chi connectivity index (χ0) is 29.1. The number of piperidine rings is 1. The molecule has 0 spiro atoms. The van der Waals surface area contributed by atoms with Crippen molar-refractivity contribution in [3.05, 3.63) is 89.6 Å². The van der Waals surface area contributed by atoms with Gasteiger partial charge in [-0.15, -0.1) is 0 Å². The lowest BCUT2D eigenvalue weighted by molar-refractivity contribution is 0.00497. The minimum atomic E-state index is -0.810. The van der Waals surface area contributed by atoms with Crippen molar-refractivity contribution < 1.29 is 13.6 Å². The molecule has 0 radical (unpaired) electrons. The van der Waals surface area contributed by atoms with Crippen LogP contribution in [0.3, 0.4) is 0 Å². The zero-order valence-electron chi connectivity index (χ0n) is 23.0. The van der Waals surface area contributed by atoms with Gasteiger partial charge in [-0.2, -0.15) is 15.5 Å². The minimum absolute atomic E-state index is 0.150. The van der Waals surface area contributed by atoms with Gasteiger partial charge in [0, 0.05) is 61.0 Å². The number of carbonyl (C=O) groups is 1. The second-order valence-electron chi connectivity index (χ2n) is 10.9. The van der Waals surface area contributed by atoms with Crippen molar-refractivity contribution in [2.24, 2.45) is 7.05 Å². The normalized spacial score (nSPS) is 17.8. The zero-order valence-corrected chi connectivity index (χ0v) is 23.0. The first-order chi connectivity index (χ1) is 20.3. The van der Waals surface area contributed by atoms with Crippen molar-refractivity contribution in [2.75, 3.05) is 18.0 Å². The number of amides is 1. The largest absolute Gasteiger partial charge is 0.352 e. The third kappa shape index (κ3) is 4.10. The van der Waals surface area contributed by atoms with Crippen LogP contribution in [0.4, 0.5) is 14.6 Å². The van der Waals surface area contributed by atoms with E-state index < -0.39 is 23.1 Å². The highest BCUT2D eigenvalue weighted by molar-refractivity contribution is 5.96. The SMILES string of the molecule is CCc1cc(F)c(C(=O)N2C3CC2CN(c2ccc(-c4cc(-c5cnn(C)c5)cn5ncc(C#N)c45)cn2)C3)c(F)c1. The predicted molar refractivity (Wildman–Crippen MR) is 152 cm³/mol. The van der Waals surface area contributed by atoms with Crippen LogP contribution in [0.5, 0.6) is 0 Å². The molecule has 2 atom stereocenters. The third-order valence-corrected chi connectivity index (χ3v) is 8.31. The second-order valence-corrected chi connectivity index (χ2v) is 10.9. The molecule has 8 rings (SSSR count). The third-order valence-electron chi connectivity index (χ3n) is 8.31. The molecule has 3 aliphatic rings. The molecule has 11 heteroatoms. The molecule has 1 aromatic carbocycles. The Bertz CT molecular complexity index is 1870. The summed E-state index contributed by atoms with van der Waals surface area (Å²) in [5.41, 5.74) is 4.67. The van der Waals surface area contributed by atoms with Crippen molar-refractivity contribution >= 4 is 17.2 Å². The average molecular weight is 565 g/mol. The number of rotatable bonds is 5. The maximum atomic E-state index is 14.7. The van der Waals surface area contributed by atoms with Crippen LogP contribution in [0.2, 0.25) is 0 Å². The number of nitrogens with zero attached hydrogens (tertiary/aromatic N) is 8. The Morgan fingerprint density at radius 2 is 1.76 bits per heavy atom. The number of piperazine rings is 1. The van der Waals surface area contributed by atoms with Gasteiger partial charge in [0.05, 0.1) is 35.6 Å². The summed E-state index contributed by atoms with van der Waals surface area (Å²) in [6.07, 6.45) is 10.2. The van der Waals surface area contributed by atoms with Gasteiger partial charge in [0.2, 0.25) is 0 Å². The first-order valence-corrected chi connectivity index (χ1v) is 13.8. The summed E-state index contributed by atoms with van der Waals surface area (Å²) in [4.78, 5) is 21.6. The van der Waals surface area contributed by atoms with Crippen molar-refractivity contribution in [2.45, 2.75) is 31.8 Å². The lowest BCUT2D eigenvalue weighted by atomic mass is 9.86. The molecule has 0 N–H and O–H groups in total. The van der Waals surface area contributed by atoms with E-state index in [1.54, 1.807) is 32.7 Å². The Morgan fingerprint density at radius 3 is 2.38 bits per heavy atom. The number of carbonyl (C=O) groups excluding carboxylic acids is 1. The lowest BCUT2D eigenvalue weighted by Crippen LogP contribution is -2.70. The van der Waals surface area contributed by atoms with Crippen LogP contribution in [0.1, 0.15) is 34.8 Å². The van der Waals surface area contributed by atoms with Gasteiger partial charge in [0.1, 0.15) is 29.1 Å². The summed E-state index contributed by atoms with van der Waals surface area (Å²) in [5.74, 6) is -1.46. The molecular formula is C31H26F2N8O. The molecule has 2 unspecified atom stereocenters. The Morgan fingerprint density at radius 1 is 1.00 bits per heavy atom. The molecule has 3 fully saturated rings. The van der Waals surface area contributed by atoms with Crippen LogP contribution >= 0.6 is 0 Å². The van der Waals surface area contributed by atoms with Gasteiger partial charge in [-0.1, -0.05) is 6.92 Å². The number of benzene rings is 1. The Labute approximate surface area is 240 Å². The lowest BCUT2D eigenvalue weighted by Gasteiger charge is -2.56. The molecule has 4 aromatic heterocycles. The van der Waals surface area contributed by atoms with Crippen LogP contribution in [-0.2, 0) is 13.5 Å². The highest BCUT2D eigenvalue weighted by atomic mass is 19.1. The van der Waals surface area contributed by atoms with E-state index in [0.717, 1.165) is 34.5 Å². The molecule has 5 aromatic rings. The first kappa shape index (κ1) is 25.8. The first-order valence-electron chi connectivity index (χ1n) is 13.8. The molecule has 42 heavy (non-hydrogen) atoms. The van der Waals surface area contributed by atoms with Crippen LogP contribution in [0, 0.1) is 23.0 Å². The molecule has 7 heterocycles. The van der Waals surface area contributed by atoms with Gasteiger partial charge in [-0.3, -0.25) is 9.48 Å². The van der Waals surface area contributed by atoms with Crippen LogP contribution in [0.15, 0.2) is 61.3 Å². The van der Waals surface area contributed by atoms with Gasteiger partial charge < -0.3 is 9.80 Å². The van der Waals surface area contributed by atoms with Gasteiger partial charge in [0.25, 0.3) is 5.91 Å². The Balaban J connectivity index is 1.14. The van der Waals surface area contributed by atoms with E-state index in [0.29, 0.717) is 36.2 Å². The maximum Gasteiger partial charge on any atom is 0.260 e. The van der Waals surface area contributed by atoms with E-state index in [4.69, 9.17) is 4.98 Å². The van der Waals surface area contributed by atoms with Crippen LogP contribution < -0.4 is 4.90 Å². The van der Waals surface area contributed by atoms with Gasteiger partial charge in [-0.25, -0.2) is 18.3 Å². The highest BCUT2D eigenvalue weighted by Gasteiger charge is 2.48. The molecule has 3 saturated heterocycles. The number of hydrogen-bond acceptors (Lipinski definition) is 6. The summed E-state index contributed by atoms with van der Waals surface area (Å²) >= 11 is 0. The number of fused-ring (bicyclic) bond motifs is 3. The molecule has 2 bridgehead atoms. The monoisotopic (exact) mass is 564 g/mol. The molecule has 9 nitrogen and oxygen atoms in total. The fourth-order valence-electron chi connectivity index (χ4n) is 6.18. The highest BCUT2D eigenvalue weighted by Crippen LogP contribution is 2.37. The standard InChI is InChI=1S/C31H26F2N8O/c1-3-18-6-26(32)29(27(33)7-18)31(42)41-23-9-24(41)17-39(16-23)28-5-4-19(11-35-28)25-8-20(22-13-36-38(2)14-22)15-40-30(25)21(10-34)12-37-40/h4-8,11-15,23-24H,3,9,16-17H2,1-2H3. The number of aromatic nitrogens is 5. The number of hydrogen-bond donors (Lipinski definition) is 0. The fraction of sp³-hybridized carbons (Fsp3) is 0.258. The van der Waals surface area contributed by atoms with E-state index in [1.165, 1.54) is 12.1 Å². The number of aryl methyl sites for hydroxylation is 2. The van der Waals surface area contributed by atoms with Crippen molar-refractivity contribution in [1.29, 1.82) is 5.26 Å². The average Bonchev–Trinajstić information content (AvgIpc) is 3.62. The molecule has 3 aliphatic heterocycles. The van der Waals surface area contributed by atoms with E-state index in [-0.39, 0.29) is 12.1 Å². The number of anilines is 1. The molecular weight excluding hydrogens is 538 g/mol. The van der Waals surface area contributed by atoms with Gasteiger partial charge in [0.15, 0.2) is 0 Å². The van der Waals surface area contributed by atoms with E-state index in [2.05, 4.69) is 21.2 Å². The van der Waals surface area contributed by atoms with Crippen LogP contribution in [-0.4, -0.2) is 60.4 Å². The maximum absolute atomic E-state index is 14.7. The fourth-order valence-corrected chi connectivity index (χ4v) is 6.18. The topological polar surface area (TPSA) is 95.4 Å². The Hall–Kier alpha value is -5.11. The summed E-state index contributed by atoms with van der Waals surface area (Å²) in [7, 11) is 1.85. The molecule has 0 aliphatic carbocycles. The number of nitriles is 1. The second kappa shape index (κ2) is 9.76. The van der Waals surface area contributed by atoms with E-state index >= 15 is 0 Å². The van der Waals surface area contributed by atoms with Crippen molar-refractivity contribution in [1.82, 2.24) is 29.3 Å². The Kier molecular flexibility index (Phi) is 6.01. The van der Waals surface area contributed by atoms with Crippen molar-refractivity contribution in [3.8, 4) is 28.3 Å². The summed E-state index contributed by atoms with van der Waals surface area (Å²) < 4.78 is 32.8. The predicted octanol–water partition coefficient (Wildman–Crippen LogP) is 4.61.